The zero-order valence-electron chi connectivity index (χ0n) is 23.5. The number of rotatable bonds is 7. The largest absolute Gasteiger partial charge is 0.507 e. The molecule has 8 nitrogen and oxygen atoms in total. The van der Waals surface area contributed by atoms with Crippen LogP contribution in [0.2, 0.25) is 0 Å². The summed E-state index contributed by atoms with van der Waals surface area (Å²) in [5, 5.41) is 19.7. The molecule has 0 saturated heterocycles. The number of aromatic hydroxyl groups is 1. The number of halogens is 3. The number of phenolic OH excluding ortho intramolecular Hbond substituents is 1. The fourth-order valence-electron chi connectivity index (χ4n) is 4.23. The van der Waals surface area contributed by atoms with Gasteiger partial charge in [0.15, 0.2) is 0 Å². The maximum absolute atomic E-state index is 14.0. The van der Waals surface area contributed by atoms with Crippen molar-refractivity contribution in [3.05, 3.63) is 76.5 Å². The number of imidazole rings is 1. The Morgan fingerprint density at radius 1 is 0.975 bits per heavy atom. The molecule has 40 heavy (non-hydrogen) atoms. The number of carbonyl (C=O) groups excluding carboxylic acids is 2. The Morgan fingerprint density at radius 2 is 1.50 bits per heavy atom. The van der Waals surface area contributed by atoms with Crippen molar-refractivity contribution >= 4 is 11.8 Å². The van der Waals surface area contributed by atoms with Gasteiger partial charge in [0.1, 0.15) is 5.75 Å². The van der Waals surface area contributed by atoms with Gasteiger partial charge in [0.05, 0.1) is 19.9 Å². The van der Waals surface area contributed by atoms with E-state index in [0.717, 1.165) is 10.1 Å². The molecule has 0 saturated carbocycles. The maximum Gasteiger partial charge on any atom is 0.491 e. The van der Waals surface area contributed by atoms with Gasteiger partial charge in [0.25, 0.3) is 0 Å². The van der Waals surface area contributed by atoms with E-state index in [1.54, 1.807) is 24.3 Å². The van der Waals surface area contributed by atoms with Crippen LogP contribution < -0.4 is 10.4 Å². The predicted molar refractivity (Wildman–Crippen MR) is 141 cm³/mol. The highest BCUT2D eigenvalue weighted by atomic mass is 19.4. The topological polar surface area (TPSA) is 107 Å². The van der Waals surface area contributed by atoms with E-state index in [0.29, 0.717) is 11.1 Å². The van der Waals surface area contributed by atoms with E-state index in [4.69, 9.17) is 14.9 Å². The molecule has 0 aliphatic carbocycles. The Bertz CT molecular complexity index is 1420. The summed E-state index contributed by atoms with van der Waals surface area (Å²) in [4.78, 5) is 26.0. The third-order valence-electron chi connectivity index (χ3n) is 6.33. The number of hydrogen-bond acceptors (Lipinski definition) is 6. The molecule has 0 spiro atoms. The summed E-state index contributed by atoms with van der Waals surface area (Å²) < 4.78 is 52.3. The first-order valence-corrected chi connectivity index (χ1v) is 12.5. The van der Waals surface area contributed by atoms with Gasteiger partial charge in [-0.2, -0.15) is 13.2 Å². The molecule has 216 valence electrons. The Kier molecular flexibility index (Phi) is 8.29. The number of benzene rings is 2. The van der Waals surface area contributed by atoms with Crippen LogP contribution in [0, 0.1) is 5.41 Å². The maximum atomic E-state index is 14.0. The molecule has 0 bridgehead atoms. The summed E-state index contributed by atoms with van der Waals surface area (Å²) in [7, 11) is 1.22. The SMILES string of the molecule is COc1cn(Cc2ccccc2)c(=N)n1C(OC(=O)C(F)(F)F)C(=O)c1cc(C(C)(C)C)c(O)c(C(C)(C)C)c1. The van der Waals surface area contributed by atoms with Gasteiger partial charge >= 0.3 is 12.1 Å². The highest BCUT2D eigenvalue weighted by Crippen LogP contribution is 2.40. The average Bonchev–Trinajstić information content (AvgIpc) is 3.15. The lowest BCUT2D eigenvalue weighted by Crippen LogP contribution is -2.38. The Labute approximate surface area is 230 Å². The van der Waals surface area contributed by atoms with Gasteiger partial charge < -0.3 is 19.1 Å². The number of nitrogens with one attached hydrogen (secondary N) is 1. The molecule has 0 fully saturated rings. The van der Waals surface area contributed by atoms with Crippen molar-refractivity contribution in [1.82, 2.24) is 9.13 Å². The molecular weight excluding hydrogens is 527 g/mol. The van der Waals surface area contributed by atoms with Gasteiger partial charge in [-0.1, -0.05) is 71.9 Å². The lowest BCUT2D eigenvalue weighted by atomic mass is 9.78. The minimum absolute atomic E-state index is 0.0409. The van der Waals surface area contributed by atoms with Gasteiger partial charge in [0, 0.05) is 16.7 Å². The van der Waals surface area contributed by atoms with Crippen LogP contribution in [0.3, 0.4) is 0 Å². The minimum atomic E-state index is -5.40. The molecule has 1 atom stereocenters. The molecular formula is C29H34F3N3O5. The highest BCUT2D eigenvalue weighted by molar-refractivity contribution is 6.00. The van der Waals surface area contributed by atoms with E-state index >= 15 is 0 Å². The molecule has 0 aliphatic rings. The molecule has 0 radical (unpaired) electrons. The van der Waals surface area contributed by atoms with Crippen molar-refractivity contribution < 1.29 is 37.3 Å². The number of alkyl halides is 3. The van der Waals surface area contributed by atoms with Crippen molar-refractivity contribution in [2.24, 2.45) is 0 Å². The van der Waals surface area contributed by atoms with E-state index in [9.17, 15) is 27.9 Å². The number of methoxy groups -OCH3 is 1. The first-order valence-electron chi connectivity index (χ1n) is 12.5. The Balaban J connectivity index is 2.26. The van der Waals surface area contributed by atoms with Crippen LogP contribution in [0.1, 0.15) is 74.8 Å². The number of carbonyl (C=O) groups is 2. The minimum Gasteiger partial charge on any atom is -0.507 e. The van der Waals surface area contributed by atoms with E-state index in [-0.39, 0.29) is 23.7 Å². The van der Waals surface area contributed by atoms with Crippen molar-refractivity contribution in [2.45, 2.75) is 71.3 Å². The van der Waals surface area contributed by atoms with E-state index in [2.05, 4.69) is 0 Å². The number of nitrogens with zero attached hydrogens (tertiary/aromatic N) is 2. The number of phenols is 1. The summed E-state index contributed by atoms with van der Waals surface area (Å²) in [6.45, 7) is 11.0. The van der Waals surface area contributed by atoms with Gasteiger partial charge in [-0.05, 0) is 28.5 Å². The second-order valence-electron chi connectivity index (χ2n) is 11.5. The number of ketones is 1. The Hall–Kier alpha value is -4.02. The number of aromatic nitrogens is 2. The smallest absolute Gasteiger partial charge is 0.491 e. The fourth-order valence-corrected chi connectivity index (χ4v) is 4.23. The molecule has 2 aromatic carbocycles. The molecule has 0 aliphatic heterocycles. The number of esters is 1. The average molecular weight is 562 g/mol. The number of ether oxygens (including phenoxy) is 2. The molecule has 1 heterocycles. The summed E-state index contributed by atoms with van der Waals surface area (Å²) in [5.74, 6) is -3.83. The van der Waals surface area contributed by atoms with Crippen LogP contribution >= 0.6 is 0 Å². The molecule has 0 amide bonds. The molecule has 2 N–H and O–H groups in total. The van der Waals surface area contributed by atoms with Crippen molar-refractivity contribution in [3.8, 4) is 11.6 Å². The second kappa shape index (κ2) is 10.9. The molecule has 3 rings (SSSR count). The van der Waals surface area contributed by atoms with Crippen molar-refractivity contribution in [2.75, 3.05) is 7.11 Å². The number of Topliss-reactive ketones (excluding diaryl/α,β-unsaturated/α-hetero) is 1. The summed E-state index contributed by atoms with van der Waals surface area (Å²) in [6.07, 6.45) is -6.28. The normalized spacial score (nSPS) is 13.2. The second-order valence-corrected chi connectivity index (χ2v) is 11.5. The quantitative estimate of drug-likeness (QED) is 0.288. The molecule has 11 heteroatoms. The fraction of sp³-hybridized carbons (Fsp3) is 0.414. The summed E-state index contributed by atoms with van der Waals surface area (Å²) >= 11 is 0. The predicted octanol–water partition coefficient (Wildman–Crippen LogP) is 5.61. The summed E-state index contributed by atoms with van der Waals surface area (Å²) in [6, 6.07) is 11.7. The van der Waals surface area contributed by atoms with Crippen LogP contribution in [0.5, 0.6) is 11.6 Å². The van der Waals surface area contributed by atoms with Crippen LogP contribution in [0.4, 0.5) is 13.2 Å². The standard InChI is InChI=1S/C29H34F3N3O5/c1-27(2,3)19-13-18(14-20(23(19)37)28(4,5)6)22(36)24(40-25(38)29(30,31)32)35-21(39-7)16-34(26(35)33)15-17-11-9-8-10-12-17/h8-14,16,24,33,37H,15H2,1-7H3. The highest BCUT2D eigenvalue weighted by Gasteiger charge is 2.45. The first kappa shape index (κ1) is 30.5. The molecule has 1 aromatic heterocycles. The van der Waals surface area contributed by atoms with Crippen LogP contribution in [-0.2, 0) is 26.9 Å². The lowest BCUT2D eigenvalue weighted by Gasteiger charge is -2.28. The first-order chi connectivity index (χ1) is 18.4. The van der Waals surface area contributed by atoms with Crippen molar-refractivity contribution in [3.63, 3.8) is 0 Å². The third kappa shape index (κ3) is 6.40. The summed E-state index contributed by atoms with van der Waals surface area (Å²) in [5.41, 5.74) is -0.287. The monoisotopic (exact) mass is 561 g/mol. The van der Waals surface area contributed by atoms with Gasteiger partial charge in [-0.3, -0.25) is 10.2 Å². The van der Waals surface area contributed by atoms with E-state index in [1.165, 1.54) is 30.0 Å². The van der Waals surface area contributed by atoms with Gasteiger partial charge in [-0.25, -0.2) is 9.36 Å². The van der Waals surface area contributed by atoms with Gasteiger partial charge in [-0.15, -0.1) is 0 Å². The molecule has 1 unspecified atom stereocenters. The van der Waals surface area contributed by atoms with Crippen LogP contribution in [0.15, 0.2) is 48.7 Å². The van der Waals surface area contributed by atoms with Crippen molar-refractivity contribution in [1.29, 1.82) is 5.41 Å². The third-order valence-corrected chi connectivity index (χ3v) is 6.33. The lowest BCUT2D eigenvalue weighted by molar-refractivity contribution is -0.206. The van der Waals surface area contributed by atoms with E-state index in [1.807, 2.05) is 47.6 Å². The van der Waals surface area contributed by atoms with Crippen LogP contribution in [-0.4, -0.2) is 39.3 Å². The van der Waals surface area contributed by atoms with E-state index < -0.39 is 40.6 Å². The Morgan fingerprint density at radius 3 is 1.95 bits per heavy atom. The van der Waals surface area contributed by atoms with Crippen LogP contribution in [0.25, 0.3) is 0 Å². The molecule has 3 aromatic rings. The zero-order chi connectivity index (χ0) is 30.2. The van der Waals surface area contributed by atoms with Gasteiger partial charge in [0.2, 0.25) is 23.5 Å². The number of hydrogen-bond donors (Lipinski definition) is 2. The zero-order valence-corrected chi connectivity index (χ0v) is 23.5.